The van der Waals surface area contributed by atoms with E-state index >= 15 is 0 Å². The lowest BCUT2D eigenvalue weighted by Crippen LogP contribution is -2.19. The molecule has 0 saturated heterocycles. The van der Waals surface area contributed by atoms with Crippen LogP contribution in [0.1, 0.15) is 39.0 Å². The van der Waals surface area contributed by atoms with Gasteiger partial charge in [-0.15, -0.1) is 0 Å². The molecule has 0 spiro atoms. The molecule has 1 aromatic rings. The van der Waals surface area contributed by atoms with Crippen molar-refractivity contribution >= 4 is 17.3 Å². The summed E-state index contributed by atoms with van der Waals surface area (Å²) in [5.74, 6) is 0.470. The molecule has 0 heterocycles. The van der Waals surface area contributed by atoms with Gasteiger partial charge in [0.1, 0.15) is 0 Å². The number of anilines is 1. The van der Waals surface area contributed by atoms with E-state index in [4.69, 9.17) is 11.6 Å². The maximum Gasteiger partial charge on any atom is 0.164 e. The van der Waals surface area contributed by atoms with Crippen LogP contribution >= 0.6 is 11.6 Å². The van der Waals surface area contributed by atoms with Crippen molar-refractivity contribution in [2.75, 3.05) is 5.32 Å². The smallest absolute Gasteiger partial charge is 0.164 e. The van der Waals surface area contributed by atoms with Crippen LogP contribution in [0.2, 0.25) is 5.02 Å². The Morgan fingerprint density at radius 2 is 2.06 bits per heavy atom. The van der Waals surface area contributed by atoms with Crippen molar-refractivity contribution in [2.24, 2.45) is 5.92 Å². The number of rotatable bonds is 2. The predicted molar refractivity (Wildman–Crippen MR) is 71.1 cm³/mol. The van der Waals surface area contributed by atoms with Crippen molar-refractivity contribution in [3.05, 3.63) is 29.0 Å². The van der Waals surface area contributed by atoms with E-state index in [-0.39, 0.29) is 10.8 Å². The largest absolute Gasteiger partial charge is 0.380 e. The molecule has 17 heavy (non-hydrogen) atoms. The summed E-state index contributed by atoms with van der Waals surface area (Å²) in [7, 11) is 0. The second-order valence-electron chi connectivity index (χ2n) is 5.06. The summed E-state index contributed by atoms with van der Waals surface area (Å²) in [5, 5.41) is 3.48. The Morgan fingerprint density at radius 1 is 1.24 bits per heavy atom. The minimum absolute atomic E-state index is 0.192. The fraction of sp³-hybridized carbons (Fsp3) is 0.571. The van der Waals surface area contributed by atoms with Gasteiger partial charge in [0.15, 0.2) is 5.82 Å². The third-order valence-corrected chi connectivity index (χ3v) is 3.86. The quantitative estimate of drug-likeness (QED) is 0.744. The fourth-order valence-electron chi connectivity index (χ4n) is 2.47. The Morgan fingerprint density at radius 3 is 2.88 bits per heavy atom. The molecule has 94 valence electrons. The normalized spacial score (nSPS) is 25.4. The highest BCUT2D eigenvalue weighted by Gasteiger charge is 2.17. The van der Waals surface area contributed by atoms with Gasteiger partial charge in [-0.25, -0.2) is 4.39 Å². The van der Waals surface area contributed by atoms with Gasteiger partial charge in [-0.2, -0.15) is 0 Å². The van der Waals surface area contributed by atoms with E-state index in [1.165, 1.54) is 19.3 Å². The molecule has 1 nitrogen and oxygen atoms in total. The van der Waals surface area contributed by atoms with Crippen LogP contribution in [0.25, 0.3) is 0 Å². The lowest BCUT2D eigenvalue weighted by atomic mass is 10.0. The monoisotopic (exact) mass is 255 g/mol. The molecule has 1 fully saturated rings. The van der Waals surface area contributed by atoms with Crippen LogP contribution in [-0.4, -0.2) is 6.04 Å². The third kappa shape index (κ3) is 3.35. The van der Waals surface area contributed by atoms with Crippen molar-refractivity contribution in [1.29, 1.82) is 0 Å². The highest BCUT2D eigenvalue weighted by atomic mass is 35.5. The maximum absolute atomic E-state index is 13.7. The number of benzene rings is 1. The van der Waals surface area contributed by atoms with Crippen LogP contribution in [0.5, 0.6) is 0 Å². The predicted octanol–water partition coefficient (Wildman–Crippen LogP) is 4.86. The summed E-state index contributed by atoms with van der Waals surface area (Å²) < 4.78 is 13.7. The fourth-order valence-corrected chi connectivity index (χ4v) is 2.64. The lowest BCUT2D eigenvalue weighted by molar-refractivity contribution is 0.501. The standard InChI is InChI=1S/C14H19ClFN/c1-10-4-2-5-11(9-8-10)17-13-7-3-6-12(15)14(13)16/h3,6-7,10-11,17H,2,4-5,8-9H2,1H3. The number of hydrogen-bond acceptors (Lipinski definition) is 1. The van der Waals surface area contributed by atoms with E-state index < -0.39 is 0 Å². The zero-order valence-electron chi connectivity index (χ0n) is 10.2. The first-order valence-corrected chi connectivity index (χ1v) is 6.75. The molecule has 0 aliphatic heterocycles. The van der Waals surface area contributed by atoms with Gasteiger partial charge in [0.2, 0.25) is 0 Å². The topological polar surface area (TPSA) is 12.0 Å². The molecule has 0 bridgehead atoms. The van der Waals surface area contributed by atoms with E-state index in [9.17, 15) is 4.39 Å². The molecule has 0 radical (unpaired) electrons. The summed E-state index contributed by atoms with van der Waals surface area (Å²) in [6, 6.07) is 5.51. The van der Waals surface area contributed by atoms with E-state index in [0.717, 1.165) is 18.8 Å². The molecule has 3 heteroatoms. The Hall–Kier alpha value is -0.760. The summed E-state index contributed by atoms with van der Waals surface area (Å²) in [6.45, 7) is 2.29. The van der Waals surface area contributed by atoms with Crippen LogP contribution in [0.15, 0.2) is 18.2 Å². The second-order valence-corrected chi connectivity index (χ2v) is 5.46. The highest BCUT2D eigenvalue weighted by molar-refractivity contribution is 6.31. The van der Waals surface area contributed by atoms with Crippen LogP contribution in [-0.2, 0) is 0 Å². The molecule has 1 aromatic carbocycles. The molecular weight excluding hydrogens is 237 g/mol. The zero-order chi connectivity index (χ0) is 12.3. The highest BCUT2D eigenvalue weighted by Crippen LogP contribution is 2.27. The summed E-state index contributed by atoms with van der Waals surface area (Å²) in [4.78, 5) is 0. The SMILES string of the molecule is CC1CCCC(Nc2cccc(Cl)c2F)CC1. The van der Waals surface area contributed by atoms with Crippen molar-refractivity contribution in [3.63, 3.8) is 0 Å². The van der Waals surface area contributed by atoms with Crippen molar-refractivity contribution in [1.82, 2.24) is 0 Å². The van der Waals surface area contributed by atoms with Crippen molar-refractivity contribution in [2.45, 2.75) is 45.1 Å². The average molecular weight is 256 g/mol. The summed E-state index contributed by atoms with van der Waals surface area (Å²) in [5.41, 5.74) is 0.539. The van der Waals surface area contributed by atoms with Gasteiger partial charge in [0, 0.05) is 6.04 Å². The number of halogens is 2. The first-order valence-electron chi connectivity index (χ1n) is 6.37. The van der Waals surface area contributed by atoms with Gasteiger partial charge in [0.05, 0.1) is 10.7 Å². The van der Waals surface area contributed by atoms with Gasteiger partial charge in [-0.3, -0.25) is 0 Å². The van der Waals surface area contributed by atoms with E-state index in [1.807, 2.05) is 0 Å². The molecule has 2 atom stereocenters. The molecule has 1 saturated carbocycles. The lowest BCUT2D eigenvalue weighted by Gasteiger charge is -2.18. The first kappa shape index (κ1) is 12.7. The molecule has 0 aromatic heterocycles. The van der Waals surface area contributed by atoms with Gasteiger partial charge in [-0.05, 0) is 37.3 Å². The Labute approximate surface area is 107 Å². The van der Waals surface area contributed by atoms with Crippen LogP contribution in [0.3, 0.4) is 0 Å². The molecule has 1 aliphatic rings. The summed E-state index contributed by atoms with van der Waals surface area (Å²) in [6.07, 6.45) is 5.97. The Balaban J connectivity index is 2.02. The van der Waals surface area contributed by atoms with E-state index in [2.05, 4.69) is 12.2 Å². The van der Waals surface area contributed by atoms with Crippen LogP contribution in [0.4, 0.5) is 10.1 Å². The number of hydrogen-bond donors (Lipinski definition) is 1. The van der Waals surface area contributed by atoms with Crippen molar-refractivity contribution < 1.29 is 4.39 Å². The van der Waals surface area contributed by atoms with Crippen molar-refractivity contribution in [3.8, 4) is 0 Å². The van der Waals surface area contributed by atoms with E-state index in [1.54, 1.807) is 18.2 Å². The molecule has 1 N–H and O–H groups in total. The zero-order valence-corrected chi connectivity index (χ0v) is 10.9. The maximum atomic E-state index is 13.7. The molecule has 2 rings (SSSR count). The van der Waals surface area contributed by atoms with Gasteiger partial charge in [-0.1, -0.05) is 37.4 Å². The number of nitrogens with one attached hydrogen (secondary N) is 1. The average Bonchev–Trinajstić information content (AvgIpc) is 2.50. The molecule has 0 amide bonds. The minimum Gasteiger partial charge on any atom is -0.380 e. The third-order valence-electron chi connectivity index (χ3n) is 3.57. The van der Waals surface area contributed by atoms with Gasteiger partial charge >= 0.3 is 0 Å². The molecular formula is C14H19ClFN. The molecule has 2 unspecified atom stereocenters. The summed E-state index contributed by atoms with van der Waals surface area (Å²) >= 11 is 5.77. The van der Waals surface area contributed by atoms with E-state index in [0.29, 0.717) is 11.7 Å². The van der Waals surface area contributed by atoms with Crippen LogP contribution in [0, 0.1) is 11.7 Å². The van der Waals surface area contributed by atoms with Gasteiger partial charge < -0.3 is 5.32 Å². The Kier molecular flexibility index (Phi) is 4.27. The Bertz CT molecular complexity index is 380. The molecule has 1 aliphatic carbocycles. The first-order chi connectivity index (χ1) is 8.16. The van der Waals surface area contributed by atoms with Crippen LogP contribution < -0.4 is 5.32 Å². The minimum atomic E-state index is -0.327. The second kappa shape index (κ2) is 5.72. The van der Waals surface area contributed by atoms with Gasteiger partial charge in [0.25, 0.3) is 0 Å².